The maximum Gasteiger partial charge on any atom is 1.00 e. The van der Waals surface area contributed by atoms with E-state index in [1.807, 2.05) is 0 Å². The molecule has 0 amide bonds. The Morgan fingerprint density at radius 2 is 2.12 bits per heavy atom. The van der Waals surface area contributed by atoms with Crippen LogP contribution in [0, 0.1) is 12.4 Å². The molecule has 1 heterocycles. The zero-order chi connectivity index (χ0) is 5.28. The predicted molar refractivity (Wildman–Crippen MR) is 27.6 cm³/mol. The van der Waals surface area contributed by atoms with E-state index in [0.717, 1.165) is 0 Å². The highest BCUT2D eigenvalue weighted by Gasteiger charge is 1.82. The molecule has 0 bridgehead atoms. The normalized spacial score (nSPS) is 8.25. The smallest absolute Gasteiger partial charge is 0.432 e. The summed E-state index contributed by atoms with van der Waals surface area (Å²) >= 11 is 10.6. The zero-order valence-electron chi connectivity index (χ0n) is 3.61. The largest absolute Gasteiger partial charge is 1.00 e. The number of nitrogens with zero attached hydrogens (tertiary/aromatic N) is 2. The molecule has 44 valence electrons. The molecule has 0 saturated heterocycles. The zero-order valence-corrected chi connectivity index (χ0v) is 5.87. The van der Waals surface area contributed by atoms with Crippen LogP contribution in [0.3, 0.4) is 0 Å². The van der Waals surface area contributed by atoms with Gasteiger partial charge in [-0.25, -0.2) is 0 Å². The van der Waals surface area contributed by atoms with Gasteiger partial charge in [-0.1, -0.05) is 29.5 Å². The fourth-order valence-corrected chi connectivity index (χ4v) is 0.422. The summed E-state index contributed by atoms with van der Waals surface area (Å²) in [7, 11) is 0. The third-order valence-electron chi connectivity index (χ3n) is 0.512. The molecule has 0 saturated carbocycles. The average molecular weight is 171 g/mol. The number of hydrogen-bond donors (Lipinski definition) is 0. The van der Waals surface area contributed by atoms with Crippen LogP contribution in [0.5, 0.6) is 0 Å². The van der Waals surface area contributed by atoms with Gasteiger partial charge in [-0.15, -0.1) is 0 Å². The molecule has 0 aliphatic rings. The van der Waals surface area contributed by atoms with Crippen molar-refractivity contribution in [2.45, 2.75) is 0 Å². The van der Waals surface area contributed by atoms with E-state index >= 15 is 0 Å². The van der Waals surface area contributed by atoms with E-state index in [4.69, 9.17) is 23.2 Å². The van der Waals surface area contributed by atoms with Crippen molar-refractivity contribution in [1.29, 1.82) is 0 Å². The van der Waals surface area contributed by atoms with Crippen molar-refractivity contribution < 1.29 is 12.4 Å². The van der Waals surface area contributed by atoms with Crippen LogP contribution in [0.4, 0.5) is 0 Å². The van der Waals surface area contributed by atoms with Gasteiger partial charge in [0.1, 0.15) is 0 Å². The molecule has 0 aliphatic carbocycles. The van der Waals surface area contributed by atoms with Gasteiger partial charge in [0.2, 0.25) is 0 Å². The fraction of sp³-hybridized carbons (Fsp3) is 0. The summed E-state index contributed by atoms with van der Waals surface area (Å²) in [5.74, 6) is 0. The molecule has 2 nitrogen and oxygen atoms in total. The Morgan fingerprint density at radius 1 is 1.50 bits per heavy atom. The molecule has 8 heavy (non-hydrogen) atoms. The van der Waals surface area contributed by atoms with Crippen molar-refractivity contribution >= 4 is 23.2 Å². The number of hydrogen-bond acceptors (Lipinski definition) is 1. The van der Waals surface area contributed by atoms with Crippen LogP contribution in [-0.4, -0.2) is 4.98 Å². The van der Waals surface area contributed by atoms with Crippen molar-refractivity contribution in [3.05, 3.63) is 16.6 Å². The Balaban J connectivity index is 0.000000490. The second kappa shape index (κ2) is 3.17. The maximum absolute atomic E-state index is 5.32. The molecule has 2 radical (unpaired) electrons. The predicted octanol–water partition coefficient (Wildman–Crippen LogP) is 1.35. The van der Waals surface area contributed by atoms with E-state index in [2.05, 4.69) is 9.97 Å². The van der Waals surface area contributed by atoms with Gasteiger partial charge in [-0.3, -0.25) is 0 Å². The van der Waals surface area contributed by atoms with E-state index in [1.165, 1.54) is 6.33 Å². The van der Waals surface area contributed by atoms with Crippen molar-refractivity contribution in [3.63, 3.8) is 0 Å². The average Bonchev–Trinajstić information content (AvgIpc) is 1.91. The van der Waals surface area contributed by atoms with Crippen LogP contribution in [0.2, 0.25) is 10.3 Å². The molecule has 0 unspecified atom stereocenters. The molecule has 0 fully saturated rings. The van der Waals surface area contributed by atoms with Gasteiger partial charge in [-0.2, -0.15) is 0 Å². The minimum Gasteiger partial charge on any atom is -0.432 e. The quantitative estimate of drug-likeness (QED) is 0.589. The molecule has 1 rings (SSSR count). The highest BCUT2D eigenvalue weighted by molar-refractivity contribution is 6.40. The number of halogens is 3. The van der Waals surface area contributed by atoms with Crippen LogP contribution in [-0.2, 0) is 0 Å². The van der Waals surface area contributed by atoms with E-state index in [1.54, 1.807) is 0 Å². The van der Waals surface area contributed by atoms with Gasteiger partial charge in [0.05, 0.1) is 0 Å². The molecule has 0 aromatic carbocycles. The molecular formula is C3HCl3N2. The Morgan fingerprint density at radius 3 is 2.25 bits per heavy atom. The molecule has 0 atom stereocenters. The second-order valence-corrected chi connectivity index (χ2v) is 1.67. The van der Waals surface area contributed by atoms with Gasteiger partial charge in [0.15, 0.2) is 0 Å². The second-order valence-electron chi connectivity index (χ2n) is 0.955. The number of imidazole rings is 1. The fourth-order valence-electron chi connectivity index (χ4n) is 0.237. The van der Waals surface area contributed by atoms with Crippen LogP contribution in [0.25, 0.3) is 0 Å². The van der Waals surface area contributed by atoms with Gasteiger partial charge in [-0.05, 0) is 0 Å². The lowest BCUT2D eigenvalue weighted by Crippen LogP contribution is -1.59. The van der Waals surface area contributed by atoms with E-state index < -0.39 is 0 Å². The Labute approximate surface area is 62.6 Å². The van der Waals surface area contributed by atoms with Gasteiger partial charge < -0.3 is 9.97 Å². The summed E-state index contributed by atoms with van der Waals surface area (Å²) in [5.41, 5.74) is 0. The first kappa shape index (κ1) is 8.08. The Kier molecular flexibility index (Phi) is 3.21. The summed E-state index contributed by atoms with van der Waals surface area (Å²) in [4.78, 5) is 7.08. The van der Waals surface area contributed by atoms with Crippen LogP contribution in [0.1, 0.15) is 0 Å². The lowest BCUT2D eigenvalue weighted by molar-refractivity contribution is -0.00000141. The molecular weight excluding hydrogens is 170 g/mol. The molecule has 1 aromatic heterocycles. The van der Waals surface area contributed by atoms with E-state index in [9.17, 15) is 0 Å². The van der Waals surface area contributed by atoms with Crippen molar-refractivity contribution in [3.8, 4) is 0 Å². The minimum atomic E-state index is 0. The molecule has 0 aliphatic heterocycles. The van der Waals surface area contributed by atoms with Crippen LogP contribution >= 0.6 is 23.2 Å². The maximum atomic E-state index is 5.32. The number of aromatic nitrogens is 2. The topological polar surface area (TPSA) is 27.0 Å². The summed E-state index contributed by atoms with van der Waals surface area (Å²) in [5, 5.41) is 0.531. The van der Waals surface area contributed by atoms with Crippen molar-refractivity contribution in [2.24, 2.45) is 0 Å². The first-order chi connectivity index (χ1) is 3.30. The van der Waals surface area contributed by atoms with Crippen LogP contribution in [0.15, 0.2) is 6.33 Å². The number of rotatable bonds is 0. The first-order valence-electron chi connectivity index (χ1n) is 1.59. The van der Waals surface area contributed by atoms with E-state index in [-0.39, 0.29) is 22.7 Å². The lowest BCUT2D eigenvalue weighted by atomic mass is 10.9. The molecule has 0 spiro atoms. The molecule has 1 aromatic rings. The summed E-state index contributed by atoms with van der Waals surface area (Å²) < 4.78 is 0. The molecule has 5 heteroatoms. The summed E-state index contributed by atoms with van der Waals surface area (Å²) in [6.45, 7) is 0. The van der Waals surface area contributed by atoms with Crippen molar-refractivity contribution in [2.75, 3.05) is 0 Å². The van der Waals surface area contributed by atoms with Crippen LogP contribution < -0.4 is 4.98 Å². The first-order valence-corrected chi connectivity index (χ1v) is 2.35. The minimum absolute atomic E-state index is 0. The third-order valence-corrected chi connectivity index (χ3v) is 1.16. The standard InChI is InChI=1S/C3HCl2N2.Cl/c4-2-3(5)7-1-6-2;/h1H;/q-1;+1. The van der Waals surface area contributed by atoms with Crippen molar-refractivity contribution in [1.82, 2.24) is 9.97 Å². The third kappa shape index (κ3) is 1.54. The van der Waals surface area contributed by atoms with Gasteiger partial charge in [0.25, 0.3) is 0 Å². The highest BCUT2D eigenvalue weighted by Crippen LogP contribution is 2.12. The Hall–Kier alpha value is 0.0800. The lowest BCUT2D eigenvalue weighted by Gasteiger charge is -1.83. The summed E-state index contributed by atoms with van der Waals surface area (Å²) in [6.07, 6.45) is 1.31. The molecule has 0 N–H and O–H groups in total. The summed E-state index contributed by atoms with van der Waals surface area (Å²) in [6, 6.07) is 0. The van der Waals surface area contributed by atoms with E-state index in [0.29, 0.717) is 0 Å². The highest BCUT2D eigenvalue weighted by atomic mass is 35.5. The SMILES string of the molecule is Clc1nc[n-]c1Cl.[Cl+]. The monoisotopic (exact) mass is 170 g/mol. The van der Waals surface area contributed by atoms with Gasteiger partial charge in [0, 0.05) is 10.3 Å². The Bertz CT molecular complexity index is 145. The van der Waals surface area contributed by atoms with Gasteiger partial charge >= 0.3 is 12.4 Å².